The Morgan fingerprint density at radius 2 is 2.11 bits per heavy atom. The van der Waals surface area contributed by atoms with Gasteiger partial charge in [0.05, 0.1) is 19.3 Å². The number of rotatable bonds is 6. The molecule has 0 saturated heterocycles. The van der Waals surface area contributed by atoms with E-state index in [0.717, 1.165) is 29.3 Å². The number of nitrogens with two attached hydrogens (primary N) is 1. The van der Waals surface area contributed by atoms with Crippen molar-refractivity contribution < 1.29 is 9.26 Å². The first kappa shape index (κ1) is 13.6. The number of para-hydroxylation sites is 1. The Labute approximate surface area is 112 Å². The molecule has 2 N–H and O–H groups in total. The SMILES string of the molecule is COc1ccccc1CN(C)Cc1cc(CN)no1. The predicted octanol–water partition coefficient (Wildman–Crippen LogP) is 1.77. The number of aromatic nitrogens is 1. The van der Waals surface area contributed by atoms with Crippen molar-refractivity contribution >= 4 is 0 Å². The van der Waals surface area contributed by atoms with E-state index < -0.39 is 0 Å². The van der Waals surface area contributed by atoms with Gasteiger partial charge in [0, 0.05) is 24.7 Å². The number of methoxy groups -OCH3 is 1. The molecule has 0 atom stereocenters. The first-order valence-electron chi connectivity index (χ1n) is 6.18. The van der Waals surface area contributed by atoms with Gasteiger partial charge >= 0.3 is 0 Å². The smallest absolute Gasteiger partial charge is 0.151 e. The quantitative estimate of drug-likeness (QED) is 0.858. The molecule has 0 fully saturated rings. The Morgan fingerprint density at radius 1 is 1.32 bits per heavy atom. The molecule has 0 radical (unpaired) electrons. The van der Waals surface area contributed by atoms with Crippen molar-refractivity contribution in [2.75, 3.05) is 14.2 Å². The molecule has 1 aromatic carbocycles. The number of ether oxygens (including phenoxy) is 1. The molecular weight excluding hydrogens is 242 g/mol. The van der Waals surface area contributed by atoms with Gasteiger partial charge in [0.25, 0.3) is 0 Å². The first-order valence-corrected chi connectivity index (χ1v) is 6.18. The Balaban J connectivity index is 1.98. The van der Waals surface area contributed by atoms with Gasteiger partial charge in [0.15, 0.2) is 5.76 Å². The third-order valence-electron chi connectivity index (χ3n) is 2.88. The zero-order valence-electron chi connectivity index (χ0n) is 11.3. The van der Waals surface area contributed by atoms with Crippen molar-refractivity contribution in [3.8, 4) is 5.75 Å². The Morgan fingerprint density at radius 3 is 2.79 bits per heavy atom. The molecule has 19 heavy (non-hydrogen) atoms. The van der Waals surface area contributed by atoms with Gasteiger partial charge in [-0.1, -0.05) is 23.4 Å². The van der Waals surface area contributed by atoms with Crippen molar-refractivity contribution in [2.45, 2.75) is 19.6 Å². The maximum absolute atomic E-state index is 5.50. The molecule has 0 aliphatic heterocycles. The average molecular weight is 261 g/mol. The number of hydrogen-bond acceptors (Lipinski definition) is 5. The maximum Gasteiger partial charge on any atom is 0.151 e. The summed E-state index contributed by atoms with van der Waals surface area (Å²) >= 11 is 0. The van der Waals surface area contributed by atoms with Gasteiger partial charge in [-0.2, -0.15) is 0 Å². The monoisotopic (exact) mass is 261 g/mol. The van der Waals surface area contributed by atoms with Crippen LogP contribution in [-0.4, -0.2) is 24.2 Å². The van der Waals surface area contributed by atoms with Gasteiger partial charge in [0.2, 0.25) is 0 Å². The molecule has 0 aliphatic carbocycles. The topological polar surface area (TPSA) is 64.5 Å². The summed E-state index contributed by atoms with van der Waals surface area (Å²) in [4.78, 5) is 2.14. The van der Waals surface area contributed by atoms with Crippen LogP contribution < -0.4 is 10.5 Å². The standard InChI is InChI=1S/C14H19N3O2/c1-17(10-13-7-12(8-15)16-19-13)9-11-5-3-4-6-14(11)18-2/h3-7H,8-10,15H2,1-2H3. The first-order chi connectivity index (χ1) is 9.22. The van der Waals surface area contributed by atoms with E-state index in [1.807, 2.05) is 31.3 Å². The number of nitrogens with zero attached hydrogens (tertiary/aromatic N) is 2. The normalized spacial score (nSPS) is 10.9. The summed E-state index contributed by atoms with van der Waals surface area (Å²) in [6.45, 7) is 1.87. The summed E-state index contributed by atoms with van der Waals surface area (Å²) in [7, 11) is 3.71. The van der Waals surface area contributed by atoms with Crippen molar-refractivity contribution in [1.29, 1.82) is 0 Å². The highest BCUT2D eigenvalue weighted by Crippen LogP contribution is 2.19. The molecule has 2 rings (SSSR count). The third-order valence-corrected chi connectivity index (χ3v) is 2.88. The lowest BCUT2D eigenvalue weighted by Crippen LogP contribution is -2.17. The molecular formula is C14H19N3O2. The molecule has 0 amide bonds. The van der Waals surface area contributed by atoms with Crippen molar-refractivity contribution in [3.05, 3.63) is 47.3 Å². The summed E-state index contributed by atoms with van der Waals surface area (Å²) in [5.74, 6) is 1.72. The lowest BCUT2D eigenvalue weighted by molar-refractivity contribution is 0.262. The lowest BCUT2D eigenvalue weighted by atomic mass is 10.2. The van der Waals surface area contributed by atoms with E-state index in [1.54, 1.807) is 7.11 Å². The van der Waals surface area contributed by atoms with E-state index in [-0.39, 0.29) is 0 Å². The average Bonchev–Trinajstić information content (AvgIpc) is 2.87. The van der Waals surface area contributed by atoms with Crippen molar-refractivity contribution in [3.63, 3.8) is 0 Å². The van der Waals surface area contributed by atoms with E-state index in [0.29, 0.717) is 13.1 Å². The van der Waals surface area contributed by atoms with Gasteiger partial charge in [-0.3, -0.25) is 4.90 Å². The van der Waals surface area contributed by atoms with Crippen LogP contribution in [0.1, 0.15) is 17.0 Å². The molecule has 5 heteroatoms. The molecule has 1 aromatic heterocycles. The number of benzene rings is 1. The number of hydrogen-bond donors (Lipinski definition) is 1. The highest BCUT2D eigenvalue weighted by Gasteiger charge is 2.09. The van der Waals surface area contributed by atoms with E-state index in [4.69, 9.17) is 15.0 Å². The fourth-order valence-corrected chi connectivity index (χ4v) is 1.97. The largest absolute Gasteiger partial charge is 0.496 e. The Hall–Kier alpha value is -1.85. The summed E-state index contributed by atoms with van der Waals surface area (Å²) in [6.07, 6.45) is 0. The van der Waals surface area contributed by atoms with Gasteiger partial charge in [-0.25, -0.2) is 0 Å². The van der Waals surface area contributed by atoms with Crippen LogP contribution >= 0.6 is 0 Å². The van der Waals surface area contributed by atoms with Crippen LogP contribution in [0.5, 0.6) is 5.75 Å². The fraction of sp³-hybridized carbons (Fsp3) is 0.357. The zero-order chi connectivity index (χ0) is 13.7. The van der Waals surface area contributed by atoms with Crippen molar-refractivity contribution in [2.24, 2.45) is 5.73 Å². The van der Waals surface area contributed by atoms with Crippen LogP contribution in [0.3, 0.4) is 0 Å². The molecule has 1 heterocycles. The second-order valence-electron chi connectivity index (χ2n) is 4.47. The summed E-state index contributed by atoms with van der Waals surface area (Å²) in [5.41, 5.74) is 7.43. The zero-order valence-corrected chi connectivity index (χ0v) is 11.3. The minimum absolute atomic E-state index is 0.403. The highest BCUT2D eigenvalue weighted by molar-refractivity contribution is 5.33. The molecule has 0 aliphatic rings. The maximum atomic E-state index is 5.50. The van der Waals surface area contributed by atoms with E-state index >= 15 is 0 Å². The lowest BCUT2D eigenvalue weighted by Gasteiger charge is -2.16. The second-order valence-corrected chi connectivity index (χ2v) is 4.47. The third kappa shape index (κ3) is 3.56. The van der Waals surface area contributed by atoms with E-state index in [2.05, 4.69) is 16.1 Å². The van der Waals surface area contributed by atoms with Crippen molar-refractivity contribution in [1.82, 2.24) is 10.1 Å². The van der Waals surface area contributed by atoms with Crippen LogP contribution in [0.25, 0.3) is 0 Å². The second kappa shape index (κ2) is 6.36. The molecule has 0 spiro atoms. The van der Waals surface area contributed by atoms with Gasteiger partial charge in [-0.05, 0) is 13.1 Å². The van der Waals surface area contributed by atoms with Gasteiger partial charge in [-0.15, -0.1) is 0 Å². The summed E-state index contributed by atoms with van der Waals surface area (Å²) < 4.78 is 10.6. The Kier molecular flexibility index (Phi) is 4.54. The predicted molar refractivity (Wildman–Crippen MR) is 72.6 cm³/mol. The molecule has 0 bridgehead atoms. The van der Waals surface area contributed by atoms with Crippen LogP contribution in [0.4, 0.5) is 0 Å². The minimum Gasteiger partial charge on any atom is -0.496 e. The van der Waals surface area contributed by atoms with E-state index in [9.17, 15) is 0 Å². The van der Waals surface area contributed by atoms with Crippen LogP contribution in [0.2, 0.25) is 0 Å². The fourth-order valence-electron chi connectivity index (χ4n) is 1.97. The molecule has 102 valence electrons. The minimum atomic E-state index is 0.403. The molecule has 2 aromatic rings. The van der Waals surface area contributed by atoms with Gasteiger partial charge < -0.3 is 15.0 Å². The van der Waals surface area contributed by atoms with E-state index in [1.165, 1.54) is 0 Å². The highest BCUT2D eigenvalue weighted by atomic mass is 16.5. The van der Waals surface area contributed by atoms with Crippen LogP contribution in [-0.2, 0) is 19.6 Å². The summed E-state index contributed by atoms with van der Waals surface area (Å²) in [5, 5.41) is 3.88. The van der Waals surface area contributed by atoms with Crippen LogP contribution in [0, 0.1) is 0 Å². The molecule has 0 saturated carbocycles. The summed E-state index contributed by atoms with van der Waals surface area (Å²) in [6, 6.07) is 9.88. The van der Waals surface area contributed by atoms with Gasteiger partial charge in [0.1, 0.15) is 5.75 Å². The van der Waals surface area contributed by atoms with Crippen LogP contribution in [0.15, 0.2) is 34.9 Å². The molecule has 0 unspecified atom stereocenters. The Bertz CT molecular complexity index is 525. The molecule has 5 nitrogen and oxygen atoms in total.